The van der Waals surface area contributed by atoms with Gasteiger partial charge in [-0.2, -0.15) is 0 Å². The van der Waals surface area contributed by atoms with Crippen LogP contribution in [-0.2, 0) is 12.8 Å². The topological polar surface area (TPSA) is 12.0 Å². The molecule has 3 heteroatoms. The predicted octanol–water partition coefficient (Wildman–Crippen LogP) is 4.97. The predicted molar refractivity (Wildman–Crippen MR) is 88.0 cm³/mol. The van der Waals surface area contributed by atoms with Gasteiger partial charge in [0.25, 0.3) is 0 Å². The van der Waals surface area contributed by atoms with E-state index in [0.29, 0.717) is 6.04 Å². The molecular formula is C16H20BrNS. The molecule has 0 amide bonds. The van der Waals surface area contributed by atoms with Gasteiger partial charge in [0, 0.05) is 21.8 Å². The Bertz CT molecular complexity index is 504. The number of thiophene rings is 1. The van der Waals surface area contributed by atoms with Crippen molar-refractivity contribution >= 4 is 27.3 Å². The summed E-state index contributed by atoms with van der Waals surface area (Å²) in [5.41, 5.74) is 2.77. The van der Waals surface area contributed by atoms with E-state index < -0.39 is 0 Å². The molecular weight excluding hydrogens is 318 g/mol. The largest absolute Gasteiger partial charge is 0.310 e. The Balaban J connectivity index is 2.16. The van der Waals surface area contributed by atoms with E-state index in [0.717, 1.165) is 19.4 Å². The zero-order valence-corrected chi connectivity index (χ0v) is 13.9. The third kappa shape index (κ3) is 3.91. The van der Waals surface area contributed by atoms with Gasteiger partial charge in [-0.15, -0.1) is 11.3 Å². The molecule has 0 aliphatic rings. The first kappa shape index (κ1) is 14.8. The van der Waals surface area contributed by atoms with Gasteiger partial charge in [-0.3, -0.25) is 0 Å². The van der Waals surface area contributed by atoms with Crippen LogP contribution in [0.1, 0.15) is 35.9 Å². The second-order valence-electron chi connectivity index (χ2n) is 4.60. The lowest BCUT2D eigenvalue weighted by molar-refractivity contribution is 0.552. The van der Waals surface area contributed by atoms with E-state index in [9.17, 15) is 0 Å². The van der Waals surface area contributed by atoms with Crippen LogP contribution in [0.2, 0.25) is 0 Å². The summed E-state index contributed by atoms with van der Waals surface area (Å²) in [6, 6.07) is 11.5. The Labute approximate surface area is 128 Å². The van der Waals surface area contributed by atoms with Crippen molar-refractivity contribution in [1.29, 1.82) is 0 Å². The Hall–Kier alpha value is -0.640. The molecule has 2 rings (SSSR count). The van der Waals surface area contributed by atoms with Gasteiger partial charge in [0.15, 0.2) is 0 Å². The molecule has 0 radical (unpaired) electrons. The summed E-state index contributed by atoms with van der Waals surface area (Å²) >= 11 is 5.44. The highest BCUT2D eigenvalue weighted by atomic mass is 79.9. The lowest BCUT2D eigenvalue weighted by atomic mass is 10.0. The van der Waals surface area contributed by atoms with E-state index in [4.69, 9.17) is 0 Å². The number of hydrogen-bond donors (Lipinski definition) is 1. The van der Waals surface area contributed by atoms with Crippen LogP contribution in [0.4, 0.5) is 0 Å². The van der Waals surface area contributed by atoms with E-state index in [2.05, 4.69) is 70.8 Å². The van der Waals surface area contributed by atoms with Crippen molar-refractivity contribution in [3.63, 3.8) is 0 Å². The number of likely N-dealkylation sites (N-methyl/N-ethyl adjacent to an activating group) is 1. The van der Waals surface area contributed by atoms with Crippen LogP contribution < -0.4 is 5.32 Å². The van der Waals surface area contributed by atoms with Gasteiger partial charge in [-0.25, -0.2) is 0 Å². The monoisotopic (exact) mass is 337 g/mol. The molecule has 19 heavy (non-hydrogen) atoms. The molecule has 102 valence electrons. The maximum atomic E-state index is 3.62. The molecule has 0 aliphatic carbocycles. The lowest BCUT2D eigenvalue weighted by Crippen LogP contribution is -2.22. The first-order valence-electron chi connectivity index (χ1n) is 6.78. The molecule has 2 aromatic rings. The van der Waals surface area contributed by atoms with Gasteiger partial charge in [-0.05, 0) is 51.5 Å². The lowest BCUT2D eigenvalue weighted by Gasteiger charge is -2.18. The molecule has 0 fully saturated rings. The molecule has 1 heterocycles. The Kier molecular flexibility index (Phi) is 5.61. The van der Waals surface area contributed by atoms with Crippen molar-refractivity contribution in [2.75, 3.05) is 6.54 Å². The summed E-state index contributed by atoms with van der Waals surface area (Å²) in [5.74, 6) is 0. The van der Waals surface area contributed by atoms with Crippen molar-refractivity contribution in [3.05, 3.63) is 56.2 Å². The quantitative estimate of drug-likeness (QED) is 0.784. The average Bonchev–Trinajstić information content (AvgIpc) is 2.84. The molecule has 0 spiro atoms. The molecule has 0 saturated heterocycles. The van der Waals surface area contributed by atoms with Crippen LogP contribution >= 0.6 is 27.3 Å². The smallest absolute Gasteiger partial charge is 0.0369 e. The normalized spacial score (nSPS) is 12.6. The maximum absolute atomic E-state index is 3.62. The number of aryl methyl sites for hydroxylation is 1. The zero-order chi connectivity index (χ0) is 13.7. The highest BCUT2D eigenvalue weighted by Crippen LogP contribution is 2.28. The van der Waals surface area contributed by atoms with Gasteiger partial charge in [0.2, 0.25) is 0 Å². The highest BCUT2D eigenvalue weighted by molar-refractivity contribution is 9.10. The van der Waals surface area contributed by atoms with E-state index in [1.165, 1.54) is 20.5 Å². The summed E-state index contributed by atoms with van der Waals surface area (Å²) in [5, 5.41) is 5.73. The third-order valence-electron chi connectivity index (χ3n) is 3.32. The van der Waals surface area contributed by atoms with Crippen molar-refractivity contribution in [3.8, 4) is 0 Å². The molecule has 1 unspecified atom stereocenters. The second kappa shape index (κ2) is 7.22. The summed E-state index contributed by atoms with van der Waals surface area (Å²) in [7, 11) is 0. The molecule has 1 aromatic carbocycles. The van der Waals surface area contributed by atoms with Gasteiger partial charge >= 0.3 is 0 Å². The van der Waals surface area contributed by atoms with Crippen LogP contribution in [0.15, 0.2) is 40.2 Å². The number of nitrogens with one attached hydrogen (secondary N) is 1. The van der Waals surface area contributed by atoms with E-state index in [1.54, 1.807) is 0 Å². The SMILES string of the molecule is CCNC(Cc1sccc1Br)c1ccc(CC)cc1. The molecule has 1 atom stereocenters. The first-order valence-corrected chi connectivity index (χ1v) is 8.46. The van der Waals surface area contributed by atoms with Gasteiger partial charge in [0.1, 0.15) is 0 Å². The van der Waals surface area contributed by atoms with Gasteiger partial charge < -0.3 is 5.32 Å². The molecule has 1 nitrogen and oxygen atoms in total. The van der Waals surface area contributed by atoms with Crippen LogP contribution in [0.3, 0.4) is 0 Å². The minimum atomic E-state index is 0.394. The summed E-state index contributed by atoms with van der Waals surface area (Å²) in [6.45, 7) is 5.35. The fraction of sp³-hybridized carbons (Fsp3) is 0.375. The van der Waals surface area contributed by atoms with Crippen LogP contribution in [-0.4, -0.2) is 6.54 Å². The van der Waals surface area contributed by atoms with Crippen LogP contribution in [0, 0.1) is 0 Å². The molecule has 0 saturated carbocycles. The molecule has 0 aliphatic heterocycles. The minimum absolute atomic E-state index is 0.394. The molecule has 0 bridgehead atoms. The first-order chi connectivity index (χ1) is 9.24. The Morgan fingerprint density at radius 3 is 2.42 bits per heavy atom. The molecule has 1 N–H and O–H groups in total. The highest BCUT2D eigenvalue weighted by Gasteiger charge is 2.13. The number of hydrogen-bond acceptors (Lipinski definition) is 2. The Morgan fingerprint density at radius 1 is 1.16 bits per heavy atom. The van der Waals surface area contributed by atoms with E-state index in [-0.39, 0.29) is 0 Å². The summed E-state index contributed by atoms with van der Waals surface area (Å²) in [4.78, 5) is 1.41. The fourth-order valence-electron chi connectivity index (χ4n) is 2.20. The fourth-order valence-corrected chi connectivity index (χ4v) is 3.76. The van der Waals surface area contributed by atoms with Crippen molar-refractivity contribution in [1.82, 2.24) is 5.32 Å². The summed E-state index contributed by atoms with van der Waals surface area (Å²) in [6.07, 6.45) is 2.14. The van der Waals surface area contributed by atoms with Crippen molar-refractivity contribution in [2.45, 2.75) is 32.7 Å². The average molecular weight is 338 g/mol. The zero-order valence-electron chi connectivity index (χ0n) is 11.4. The number of halogens is 1. The maximum Gasteiger partial charge on any atom is 0.0369 e. The summed E-state index contributed by atoms with van der Waals surface area (Å²) < 4.78 is 1.23. The second-order valence-corrected chi connectivity index (χ2v) is 6.46. The van der Waals surface area contributed by atoms with Gasteiger partial charge in [0.05, 0.1) is 0 Å². The van der Waals surface area contributed by atoms with Crippen LogP contribution in [0.5, 0.6) is 0 Å². The van der Waals surface area contributed by atoms with Gasteiger partial charge in [-0.1, -0.05) is 38.1 Å². The molecule has 1 aromatic heterocycles. The van der Waals surface area contributed by atoms with Crippen molar-refractivity contribution < 1.29 is 0 Å². The number of benzene rings is 1. The third-order valence-corrected chi connectivity index (χ3v) is 5.27. The standard InChI is InChI=1S/C16H20BrNS/c1-3-12-5-7-13(8-6-12)15(18-4-2)11-16-14(17)9-10-19-16/h5-10,15,18H,3-4,11H2,1-2H3. The minimum Gasteiger partial charge on any atom is -0.310 e. The Morgan fingerprint density at radius 2 is 1.89 bits per heavy atom. The van der Waals surface area contributed by atoms with E-state index >= 15 is 0 Å². The van der Waals surface area contributed by atoms with Crippen LogP contribution in [0.25, 0.3) is 0 Å². The van der Waals surface area contributed by atoms with E-state index in [1.807, 2.05) is 11.3 Å². The van der Waals surface area contributed by atoms with Crippen molar-refractivity contribution in [2.24, 2.45) is 0 Å². The number of rotatable bonds is 6.